The second kappa shape index (κ2) is 8.06. The second-order valence-corrected chi connectivity index (χ2v) is 9.22. The average Bonchev–Trinajstić information content (AvgIpc) is 3.37. The maximum absolute atomic E-state index is 12.3. The number of cyclic esters (lactones) is 1. The van der Waals surface area contributed by atoms with Gasteiger partial charge in [-0.15, -0.1) is 0 Å². The zero-order valence-electron chi connectivity index (χ0n) is 17.8. The Balaban J connectivity index is 1.26. The van der Waals surface area contributed by atoms with Gasteiger partial charge in [-0.1, -0.05) is 32.9 Å². The Kier molecular flexibility index (Phi) is 5.69. The molecule has 0 spiro atoms. The van der Waals surface area contributed by atoms with Gasteiger partial charge in [0.15, 0.2) is 0 Å². The molecule has 0 aliphatic carbocycles. The van der Waals surface area contributed by atoms with Gasteiger partial charge in [-0.05, 0) is 55.2 Å². The van der Waals surface area contributed by atoms with E-state index in [2.05, 4.69) is 54.8 Å². The lowest BCUT2D eigenvalue weighted by Gasteiger charge is -2.24. The zero-order chi connectivity index (χ0) is 19.7. The lowest BCUT2D eigenvalue weighted by atomic mass is 9.79. The molecule has 3 unspecified atom stereocenters. The zero-order valence-corrected chi connectivity index (χ0v) is 17.8. The third kappa shape index (κ3) is 3.68. The van der Waals surface area contributed by atoms with E-state index in [9.17, 15) is 4.79 Å². The van der Waals surface area contributed by atoms with Gasteiger partial charge in [0, 0.05) is 44.8 Å². The summed E-state index contributed by atoms with van der Waals surface area (Å²) in [7, 11) is 0. The van der Waals surface area contributed by atoms with Crippen LogP contribution < -0.4 is 4.90 Å². The Hall–Kier alpha value is -1.55. The van der Waals surface area contributed by atoms with Crippen molar-refractivity contribution in [2.24, 2.45) is 17.3 Å². The molecule has 0 aromatic heterocycles. The predicted molar refractivity (Wildman–Crippen MR) is 114 cm³/mol. The van der Waals surface area contributed by atoms with Crippen molar-refractivity contribution < 1.29 is 9.53 Å². The molecule has 3 fully saturated rings. The SMILES string of the molecule is CCc1cccc(N2CC3CN(CCC4CC(CC)(CC)C(=O)O4)CC3C2)c1. The Bertz CT molecular complexity index is 686. The topological polar surface area (TPSA) is 32.8 Å². The molecule has 4 nitrogen and oxygen atoms in total. The average molecular weight is 385 g/mol. The quantitative estimate of drug-likeness (QED) is 0.662. The lowest BCUT2D eigenvalue weighted by Crippen LogP contribution is -2.31. The molecule has 28 heavy (non-hydrogen) atoms. The standard InChI is InChI=1S/C24H36N2O2/c1-4-18-8-7-9-21(12-18)26-16-19-14-25(15-20(19)17-26)11-10-22-13-24(5-2,6-3)23(27)28-22/h7-9,12,19-20,22H,4-6,10-11,13-17H2,1-3H3. The summed E-state index contributed by atoms with van der Waals surface area (Å²) in [5.41, 5.74) is 2.62. The van der Waals surface area contributed by atoms with E-state index in [1.165, 1.54) is 37.4 Å². The van der Waals surface area contributed by atoms with E-state index in [1.807, 2.05) is 0 Å². The fraction of sp³-hybridized carbons (Fsp3) is 0.708. The van der Waals surface area contributed by atoms with Gasteiger partial charge in [0.25, 0.3) is 0 Å². The van der Waals surface area contributed by atoms with Crippen LogP contribution in [0, 0.1) is 17.3 Å². The van der Waals surface area contributed by atoms with Gasteiger partial charge in [-0.2, -0.15) is 0 Å². The number of hydrogen-bond acceptors (Lipinski definition) is 4. The summed E-state index contributed by atoms with van der Waals surface area (Å²) in [6.45, 7) is 12.3. The van der Waals surface area contributed by atoms with Crippen molar-refractivity contribution in [3.8, 4) is 0 Å². The molecule has 3 aliphatic rings. The number of aryl methyl sites for hydroxylation is 1. The number of fused-ring (bicyclic) bond motifs is 1. The highest BCUT2D eigenvalue weighted by Gasteiger charge is 2.46. The molecule has 1 aromatic carbocycles. The normalized spacial score (nSPS) is 29.3. The first kappa shape index (κ1) is 19.8. The van der Waals surface area contributed by atoms with Gasteiger partial charge in [-0.25, -0.2) is 0 Å². The molecule has 3 saturated heterocycles. The largest absolute Gasteiger partial charge is 0.462 e. The van der Waals surface area contributed by atoms with Gasteiger partial charge < -0.3 is 14.5 Å². The summed E-state index contributed by atoms with van der Waals surface area (Å²) >= 11 is 0. The van der Waals surface area contributed by atoms with Crippen LogP contribution in [-0.2, 0) is 16.0 Å². The van der Waals surface area contributed by atoms with Gasteiger partial charge in [0.2, 0.25) is 0 Å². The minimum absolute atomic E-state index is 0.0470. The molecule has 3 heterocycles. The Morgan fingerprint density at radius 1 is 1.07 bits per heavy atom. The number of carbonyl (C=O) groups excluding carboxylic acids is 1. The minimum Gasteiger partial charge on any atom is -0.462 e. The van der Waals surface area contributed by atoms with E-state index < -0.39 is 0 Å². The summed E-state index contributed by atoms with van der Waals surface area (Å²) in [5, 5.41) is 0. The number of hydrogen-bond donors (Lipinski definition) is 0. The summed E-state index contributed by atoms with van der Waals surface area (Å²) in [6, 6.07) is 9.05. The van der Waals surface area contributed by atoms with Gasteiger partial charge in [-0.3, -0.25) is 4.79 Å². The van der Waals surface area contributed by atoms with E-state index in [0.29, 0.717) is 0 Å². The molecule has 3 aliphatic heterocycles. The molecule has 4 rings (SSSR count). The van der Waals surface area contributed by atoms with Crippen LogP contribution in [0.5, 0.6) is 0 Å². The first-order valence-corrected chi connectivity index (χ1v) is 11.3. The summed E-state index contributed by atoms with van der Waals surface area (Å²) in [5.74, 6) is 1.61. The van der Waals surface area contributed by atoms with E-state index in [1.54, 1.807) is 0 Å². The van der Waals surface area contributed by atoms with Crippen molar-refractivity contribution in [2.75, 3.05) is 37.6 Å². The number of esters is 1. The fourth-order valence-corrected chi connectivity index (χ4v) is 5.61. The second-order valence-electron chi connectivity index (χ2n) is 9.22. The predicted octanol–water partition coefficient (Wildman–Crippen LogP) is 4.13. The van der Waals surface area contributed by atoms with Crippen LogP contribution in [0.2, 0.25) is 0 Å². The minimum atomic E-state index is -0.209. The maximum atomic E-state index is 12.3. The third-order valence-corrected chi connectivity index (χ3v) is 7.69. The molecule has 1 aromatic rings. The molecule has 0 bridgehead atoms. The summed E-state index contributed by atoms with van der Waals surface area (Å²) < 4.78 is 5.74. The molecule has 0 N–H and O–H groups in total. The fourth-order valence-electron chi connectivity index (χ4n) is 5.61. The van der Waals surface area contributed by atoms with Crippen molar-refractivity contribution in [2.45, 2.75) is 59.0 Å². The molecule has 4 heteroatoms. The smallest absolute Gasteiger partial charge is 0.312 e. The van der Waals surface area contributed by atoms with Gasteiger partial charge >= 0.3 is 5.97 Å². The lowest BCUT2D eigenvalue weighted by molar-refractivity contribution is -0.149. The number of carbonyl (C=O) groups is 1. The molecule has 0 radical (unpaired) electrons. The van der Waals surface area contributed by atoms with Crippen LogP contribution in [0.4, 0.5) is 5.69 Å². The van der Waals surface area contributed by atoms with Crippen molar-refractivity contribution in [3.05, 3.63) is 29.8 Å². The van der Waals surface area contributed by atoms with Crippen molar-refractivity contribution >= 4 is 11.7 Å². The first-order valence-electron chi connectivity index (χ1n) is 11.3. The Labute approximate surface area is 170 Å². The third-order valence-electron chi connectivity index (χ3n) is 7.69. The molecule has 0 saturated carbocycles. The molecule has 154 valence electrons. The van der Waals surface area contributed by atoms with Crippen molar-refractivity contribution in [3.63, 3.8) is 0 Å². The van der Waals surface area contributed by atoms with Crippen LogP contribution in [0.3, 0.4) is 0 Å². The monoisotopic (exact) mass is 384 g/mol. The highest BCUT2D eigenvalue weighted by molar-refractivity contribution is 5.78. The van der Waals surface area contributed by atoms with Crippen LogP contribution >= 0.6 is 0 Å². The number of rotatable bonds is 7. The van der Waals surface area contributed by atoms with E-state index in [0.717, 1.165) is 50.5 Å². The molecular formula is C24H36N2O2. The summed E-state index contributed by atoms with van der Waals surface area (Å²) in [4.78, 5) is 17.5. The maximum Gasteiger partial charge on any atom is 0.312 e. The van der Waals surface area contributed by atoms with Crippen LogP contribution in [-0.4, -0.2) is 49.7 Å². The number of likely N-dealkylation sites (tertiary alicyclic amines) is 1. The Morgan fingerprint density at radius 3 is 2.39 bits per heavy atom. The van der Waals surface area contributed by atoms with E-state index in [-0.39, 0.29) is 17.5 Å². The van der Waals surface area contributed by atoms with Crippen LogP contribution in [0.25, 0.3) is 0 Å². The molecule has 0 amide bonds. The number of anilines is 1. The highest BCUT2D eigenvalue weighted by atomic mass is 16.6. The highest BCUT2D eigenvalue weighted by Crippen LogP contribution is 2.41. The number of ether oxygens (including phenoxy) is 1. The number of benzene rings is 1. The Morgan fingerprint density at radius 2 is 1.79 bits per heavy atom. The first-order chi connectivity index (χ1) is 13.6. The van der Waals surface area contributed by atoms with Gasteiger partial charge in [0.05, 0.1) is 5.41 Å². The van der Waals surface area contributed by atoms with Crippen LogP contribution in [0.15, 0.2) is 24.3 Å². The van der Waals surface area contributed by atoms with E-state index >= 15 is 0 Å². The molecule has 3 atom stereocenters. The summed E-state index contributed by atoms with van der Waals surface area (Å²) in [6.07, 6.45) is 4.95. The molecular weight excluding hydrogens is 348 g/mol. The number of nitrogens with zero attached hydrogens (tertiary/aromatic N) is 2. The van der Waals surface area contributed by atoms with Crippen LogP contribution in [0.1, 0.15) is 52.0 Å². The van der Waals surface area contributed by atoms with E-state index in [4.69, 9.17) is 4.74 Å². The van der Waals surface area contributed by atoms with Crippen molar-refractivity contribution in [1.82, 2.24) is 4.90 Å². The van der Waals surface area contributed by atoms with Gasteiger partial charge in [0.1, 0.15) is 6.10 Å². The van der Waals surface area contributed by atoms with Crippen molar-refractivity contribution in [1.29, 1.82) is 0 Å².